The van der Waals surface area contributed by atoms with Gasteiger partial charge < -0.3 is 18.9 Å². The van der Waals surface area contributed by atoms with Crippen LogP contribution in [0.5, 0.6) is 17.2 Å². The van der Waals surface area contributed by atoms with Crippen molar-refractivity contribution in [3.63, 3.8) is 0 Å². The van der Waals surface area contributed by atoms with E-state index in [1.807, 2.05) is 97.1 Å². The smallest absolute Gasteiger partial charge is 0.338 e. The monoisotopic (exact) mass is 468 g/mol. The molecule has 35 heavy (non-hydrogen) atoms. The molecular weight excluding hydrogens is 440 g/mol. The average molecular weight is 469 g/mol. The number of ether oxygens (including phenoxy) is 4. The molecule has 0 aliphatic rings. The van der Waals surface area contributed by atoms with E-state index >= 15 is 0 Å². The summed E-state index contributed by atoms with van der Waals surface area (Å²) < 4.78 is 22.5. The van der Waals surface area contributed by atoms with Gasteiger partial charge in [0.2, 0.25) is 0 Å². The summed E-state index contributed by atoms with van der Waals surface area (Å²) in [6.45, 7) is 1.36. The second-order valence-corrected chi connectivity index (χ2v) is 7.93. The number of hydrogen-bond acceptors (Lipinski definition) is 5. The molecule has 0 fully saturated rings. The van der Waals surface area contributed by atoms with Crippen LogP contribution in [0.4, 0.5) is 0 Å². The van der Waals surface area contributed by atoms with Crippen LogP contribution >= 0.6 is 0 Å². The van der Waals surface area contributed by atoms with Gasteiger partial charge in [0.1, 0.15) is 30.5 Å². The molecular formula is C30H28O5. The molecule has 0 aromatic heterocycles. The minimum Gasteiger partial charge on any atom is -0.493 e. The summed E-state index contributed by atoms with van der Waals surface area (Å²) in [5.41, 5.74) is 3.53. The highest BCUT2D eigenvalue weighted by molar-refractivity contribution is 5.90. The van der Waals surface area contributed by atoms with Crippen molar-refractivity contribution in [3.8, 4) is 17.2 Å². The first-order valence-electron chi connectivity index (χ1n) is 11.5. The lowest BCUT2D eigenvalue weighted by atomic mass is 10.1. The van der Waals surface area contributed by atoms with Gasteiger partial charge in [-0.05, 0) is 53.6 Å². The first kappa shape index (κ1) is 23.9. The summed E-state index contributed by atoms with van der Waals surface area (Å²) in [6, 6.07) is 32.9. The van der Waals surface area contributed by atoms with Crippen molar-refractivity contribution in [2.24, 2.45) is 0 Å². The second-order valence-electron chi connectivity index (χ2n) is 7.93. The maximum absolute atomic E-state index is 11.9. The molecule has 0 heterocycles. The van der Waals surface area contributed by atoms with Gasteiger partial charge in [-0.25, -0.2) is 4.79 Å². The van der Waals surface area contributed by atoms with Gasteiger partial charge in [-0.2, -0.15) is 0 Å². The molecule has 4 rings (SSSR count). The molecule has 0 N–H and O–H groups in total. The van der Waals surface area contributed by atoms with Crippen molar-refractivity contribution in [3.05, 3.63) is 125 Å². The fourth-order valence-electron chi connectivity index (χ4n) is 3.57. The Morgan fingerprint density at radius 3 is 2.06 bits per heavy atom. The van der Waals surface area contributed by atoms with E-state index in [-0.39, 0.29) is 12.6 Å². The second kappa shape index (κ2) is 12.3. The van der Waals surface area contributed by atoms with E-state index in [0.29, 0.717) is 18.8 Å². The highest BCUT2D eigenvalue weighted by Gasteiger charge is 2.11. The van der Waals surface area contributed by atoms with E-state index in [4.69, 9.17) is 18.9 Å². The lowest BCUT2D eigenvalue weighted by Crippen LogP contribution is -2.08. The molecule has 0 aliphatic heterocycles. The summed E-state index contributed by atoms with van der Waals surface area (Å²) in [5.74, 6) is 1.97. The third-order valence-corrected chi connectivity index (χ3v) is 5.45. The van der Waals surface area contributed by atoms with E-state index < -0.39 is 0 Å². The normalized spacial score (nSPS) is 10.4. The van der Waals surface area contributed by atoms with Crippen LogP contribution in [0.1, 0.15) is 27.0 Å². The summed E-state index contributed by atoms with van der Waals surface area (Å²) in [4.78, 5) is 11.9. The van der Waals surface area contributed by atoms with Crippen LogP contribution in [0.3, 0.4) is 0 Å². The van der Waals surface area contributed by atoms with E-state index in [1.54, 1.807) is 6.07 Å². The zero-order valence-corrected chi connectivity index (χ0v) is 19.7. The van der Waals surface area contributed by atoms with Gasteiger partial charge in [0, 0.05) is 12.0 Å². The van der Waals surface area contributed by atoms with Crippen molar-refractivity contribution in [2.75, 3.05) is 13.7 Å². The predicted octanol–water partition coefficient (Wildman–Crippen LogP) is 6.25. The first-order chi connectivity index (χ1) is 17.2. The Kier molecular flexibility index (Phi) is 8.38. The lowest BCUT2D eigenvalue weighted by molar-refractivity contribution is 0.0597. The van der Waals surface area contributed by atoms with Gasteiger partial charge in [0.25, 0.3) is 0 Å². The minimum absolute atomic E-state index is 0.282. The zero-order valence-electron chi connectivity index (χ0n) is 19.7. The molecule has 0 amide bonds. The Balaban J connectivity index is 1.25. The van der Waals surface area contributed by atoms with Crippen molar-refractivity contribution < 1.29 is 23.7 Å². The Bertz CT molecular complexity index is 1220. The van der Waals surface area contributed by atoms with Gasteiger partial charge >= 0.3 is 5.97 Å². The van der Waals surface area contributed by atoms with Crippen LogP contribution in [-0.2, 0) is 24.4 Å². The van der Waals surface area contributed by atoms with Crippen molar-refractivity contribution in [1.29, 1.82) is 0 Å². The molecule has 4 aromatic rings. The van der Waals surface area contributed by atoms with Crippen LogP contribution in [0.15, 0.2) is 103 Å². The highest BCUT2D eigenvalue weighted by Crippen LogP contribution is 2.20. The van der Waals surface area contributed by atoms with Crippen LogP contribution in [-0.4, -0.2) is 19.7 Å². The van der Waals surface area contributed by atoms with Crippen molar-refractivity contribution in [2.45, 2.75) is 19.6 Å². The van der Waals surface area contributed by atoms with Gasteiger partial charge in [-0.3, -0.25) is 0 Å². The largest absolute Gasteiger partial charge is 0.493 e. The molecule has 5 nitrogen and oxygen atoms in total. The Labute approximate surface area is 205 Å². The van der Waals surface area contributed by atoms with E-state index in [9.17, 15) is 4.79 Å². The summed E-state index contributed by atoms with van der Waals surface area (Å²) in [5, 5.41) is 0. The molecule has 0 saturated heterocycles. The fraction of sp³-hybridized carbons (Fsp3) is 0.167. The standard InChI is InChI=1S/C30H28O5/c1-32-30(31)29-13-6-5-11-25(29)22-35-28-12-7-10-23(20-28)18-19-33-26-14-16-27(17-15-26)34-21-24-8-3-2-4-9-24/h2-17,20H,18-19,21-22H2,1H3. The number of rotatable bonds is 11. The lowest BCUT2D eigenvalue weighted by Gasteiger charge is -2.11. The number of esters is 1. The maximum atomic E-state index is 11.9. The summed E-state index contributed by atoms with van der Waals surface area (Å²) in [7, 11) is 1.37. The van der Waals surface area contributed by atoms with E-state index in [2.05, 4.69) is 0 Å². The Morgan fingerprint density at radius 2 is 1.29 bits per heavy atom. The topological polar surface area (TPSA) is 54.0 Å². The first-order valence-corrected chi connectivity index (χ1v) is 11.5. The van der Waals surface area contributed by atoms with Gasteiger partial charge in [0.05, 0.1) is 19.3 Å². The third-order valence-electron chi connectivity index (χ3n) is 5.45. The molecule has 178 valence electrons. The Hall–Kier alpha value is -4.25. The molecule has 5 heteroatoms. The molecule has 0 atom stereocenters. The van der Waals surface area contributed by atoms with Crippen LogP contribution in [0, 0.1) is 0 Å². The quantitative estimate of drug-likeness (QED) is 0.244. The third kappa shape index (κ3) is 7.11. The van der Waals surface area contributed by atoms with E-state index in [1.165, 1.54) is 7.11 Å². The molecule has 4 aromatic carbocycles. The molecule has 0 bridgehead atoms. The Morgan fingerprint density at radius 1 is 0.629 bits per heavy atom. The minimum atomic E-state index is -0.370. The molecule has 0 saturated carbocycles. The van der Waals surface area contributed by atoms with Crippen LogP contribution < -0.4 is 14.2 Å². The average Bonchev–Trinajstić information content (AvgIpc) is 2.92. The number of benzene rings is 4. The van der Waals surface area contributed by atoms with Gasteiger partial charge in [0.15, 0.2) is 0 Å². The van der Waals surface area contributed by atoms with Gasteiger partial charge in [-0.15, -0.1) is 0 Å². The summed E-state index contributed by atoms with van der Waals surface area (Å²) >= 11 is 0. The number of carbonyl (C=O) groups excluding carboxylic acids is 1. The van der Waals surface area contributed by atoms with Crippen LogP contribution in [0.2, 0.25) is 0 Å². The van der Waals surface area contributed by atoms with E-state index in [0.717, 1.165) is 40.4 Å². The van der Waals surface area contributed by atoms with Crippen molar-refractivity contribution >= 4 is 5.97 Å². The molecule has 0 aliphatic carbocycles. The number of hydrogen-bond donors (Lipinski definition) is 0. The molecule has 0 unspecified atom stereocenters. The SMILES string of the molecule is COC(=O)c1ccccc1COc1cccc(CCOc2ccc(OCc3ccccc3)cc2)c1. The predicted molar refractivity (Wildman–Crippen MR) is 135 cm³/mol. The zero-order chi connectivity index (χ0) is 24.3. The maximum Gasteiger partial charge on any atom is 0.338 e. The number of carbonyl (C=O) groups is 1. The molecule has 0 radical (unpaired) electrons. The van der Waals surface area contributed by atoms with Gasteiger partial charge in [-0.1, -0.05) is 60.7 Å². The number of methoxy groups -OCH3 is 1. The fourth-order valence-corrected chi connectivity index (χ4v) is 3.57. The molecule has 0 spiro atoms. The highest BCUT2D eigenvalue weighted by atomic mass is 16.5. The van der Waals surface area contributed by atoms with Crippen molar-refractivity contribution in [1.82, 2.24) is 0 Å². The summed E-state index contributed by atoms with van der Waals surface area (Å²) in [6.07, 6.45) is 0.738. The van der Waals surface area contributed by atoms with Crippen LogP contribution in [0.25, 0.3) is 0 Å².